The highest BCUT2D eigenvalue weighted by molar-refractivity contribution is 5.87. The average Bonchev–Trinajstić information content (AvgIpc) is 2.40. The van der Waals surface area contributed by atoms with Crippen LogP contribution in [0.1, 0.15) is 6.92 Å². The number of urea groups is 1. The van der Waals surface area contributed by atoms with Gasteiger partial charge in [-0.3, -0.25) is 5.32 Å². The minimum atomic E-state index is -0.276. The van der Waals surface area contributed by atoms with Crippen LogP contribution in [0, 0.1) is 0 Å². The van der Waals surface area contributed by atoms with Crippen LogP contribution in [-0.4, -0.2) is 17.7 Å². The van der Waals surface area contributed by atoms with Crippen LogP contribution in [0.3, 0.4) is 0 Å². The second-order valence-electron chi connectivity index (χ2n) is 1.87. The van der Waals surface area contributed by atoms with E-state index >= 15 is 0 Å². The third-order valence-electron chi connectivity index (χ3n) is 1.02. The van der Waals surface area contributed by atoms with Crippen molar-refractivity contribution in [3.8, 4) is 0 Å². The smallest absolute Gasteiger partial charge is 0.320 e. The summed E-state index contributed by atoms with van der Waals surface area (Å²) in [7, 11) is 0. The van der Waals surface area contributed by atoms with Crippen molar-refractivity contribution in [2.45, 2.75) is 6.92 Å². The minimum absolute atomic E-state index is 0.276. The highest BCUT2D eigenvalue weighted by Crippen LogP contribution is 1.99. The van der Waals surface area contributed by atoms with Crippen molar-refractivity contribution in [2.75, 3.05) is 11.9 Å². The Balaban J connectivity index is 2.37. The fourth-order valence-corrected chi connectivity index (χ4v) is 0.598. The van der Waals surface area contributed by atoms with Crippen LogP contribution < -0.4 is 10.6 Å². The predicted molar refractivity (Wildman–Crippen MR) is 39.2 cm³/mol. The van der Waals surface area contributed by atoms with Gasteiger partial charge in [0.1, 0.15) is 6.26 Å². The van der Waals surface area contributed by atoms with Gasteiger partial charge in [0, 0.05) is 12.6 Å². The van der Waals surface area contributed by atoms with Gasteiger partial charge in [-0.05, 0) is 6.92 Å². The predicted octanol–water partition coefficient (Wildman–Crippen LogP) is 0.816. The maximum absolute atomic E-state index is 10.8. The largest absolute Gasteiger partial charge is 0.363 e. The third-order valence-corrected chi connectivity index (χ3v) is 1.02. The summed E-state index contributed by atoms with van der Waals surface area (Å²) in [4.78, 5) is 10.8. The fourth-order valence-electron chi connectivity index (χ4n) is 0.598. The van der Waals surface area contributed by atoms with Gasteiger partial charge in [-0.1, -0.05) is 5.16 Å². The third kappa shape index (κ3) is 2.29. The van der Waals surface area contributed by atoms with Crippen molar-refractivity contribution in [1.82, 2.24) is 10.5 Å². The van der Waals surface area contributed by atoms with Gasteiger partial charge in [0.2, 0.25) is 0 Å². The van der Waals surface area contributed by atoms with Crippen molar-refractivity contribution < 1.29 is 9.32 Å². The first-order valence-electron chi connectivity index (χ1n) is 3.28. The van der Waals surface area contributed by atoms with Gasteiger partial charge in [-0.15, -0.1) is 0 Å². The molecule has 0 saturated carbocycles. The molecule has 1 rings (SSSR count). The number of hydrogen-bond donors (Lipinski definition) is 2. The maximum Gasteiger partial charge on any atom is 0.320 e. The first-order chi connectivity index (χ1) is 5.33. The molecule has 60 valence electrons. The Labute approximate surface area is 63.8 Å². The summed E-state index contributed by atoms with van der Waals surface area (Å²) in [5.74, 6) is 0.413. The first-order valence-corrected chi connectivity index (χ1v) is 3.28. The molecule has 0 aromatic carbocycles. The van der Waals surface area contributed by atoms with E-state index in [0.29, 0.717) is 12.4 Å². The van der Waals surface area contributed by atoms with E-state index in [1.165, 1.54) is 6.26 Å². The van der Waals surface area contributed by atoms with E-state index < -0.39 is 0 Å². The zero-order chi connectivity index (χ0) is 8.10. The molecule has 0 atom stereocenters. The number of anilines is 1. The van der Waals surface area contributed by atoms with Crippen LogP contribution in [0.2, 0.25) is 0 Å². The van der Waals surface area contributed by atoms with Gasteiger partial charge in [0.05, 0.1) is 0 Å². The molecule has 5 nitrogen and oxygen atoms in total. The Morgan fingerprint density at radius 2 is 2.64 bits per heavy atom. The van der Waals surface area contributed by atoms with Gasteiger partial charge in [-0.25, -0.2) is 4.79 Å². The highest BCUT2D eigenvalue weighted by Gasteiger charge is 2.00. The topological polar surface area (TPSA) is 67.2 Å². The molecule has 0 fully saturated rings. The summed E-state index contributed by atoms with van der Waals surface area (Å²) < 4.78 is 4.50. The standard InChI is InChI=1S/C6H9N3O2/c1-2-7-6(10)8-5-3-4-11-9-5/h3-4H,2H2,1H3,(H2,7,8,9,10). The molecule has 0 unspecified atom stereocenters. The molecule has 0 aliphatic carbocycles. The van der Waals surface area contributed by atoms with Crippen LogP contribution in [0.4, 0.5) is 10.6 Å². The molecule has 0 spiro atoms. The lowest BCUT2D eigenvalue weighted by atomic mass is 10.6. The zero-order valence-electron chi connectivity index (χ0n) is 6.13. The number of nitrogens with one attached hydrogen (secondary N) is 2. The molecule has 0 radical (unpaired) electrons. The Hall–Kier alpha value is -1.52. The molecular formula is C6H9N3O2. The number of aromatic nitrogens is 1. The molecule has 11 heavy (non-hydrogen) atoms. The minimum Gasteiger partial charge on any atom is -0.363 e. The zero-order valence-corrected chi connectivity index (χ0v) is 6.13. The Morgan fingerprint density at radius 1 is 1.82 bits per heavy atom. The number of rotatable bonds is 2. The fraction of sp³-hybridized carbons (Fsp3) is 0.333. The van der Waals surface area contributed by atoms with Crippen LogP contribution in [0.25, 0.3) is 0 Å². The second-order valence-corrected chi connectivity index (χ2v) is 1.87. The van der Waals surface area contributed by atoms with Crippen LogP contribution in [-0.2, 0) is 0 Å². The van der Waals surface area contributed by atoms with E-state index in [1.54, 1.807) is 6.07 Å². The van der Waals surface area contributed by atoms with Gasteiger partial charge in [0.15, 0.2) is 5.82 Å². The molecule has 1 aromatic rings. The summed E-state index contributed by atoms with van der Waals surface area (Å²) in [6, 6.07) is 1.29. The normalized spacial score (nSPS) is 9.18. The van der Waals surface area contributed by atoms with E-state index in [4.69, 9.17) is 0 Å². The van der Waals surface area contributed by atoms with E-state index in [1.807, 2.05) is 6.92 Å². The Morgan fingerprint density at radius 3 is 3.18 bits per heavy atom. The number of hydrogen-bond acceptors (Lipinski definition) is 3. The SMILES string of the molecule is CCNC(=O)Nc1ccon1. The number of nitrogens with zero attached hydrogens (tertiary/aromatic N) is 1. The number of carbonyl (C=O) groups excluding carboxylic acids is 1. The summed E-state index contributed by atoms with van der Waals surface area (Å²) in [6.45, 7) is 2.42. The van der Waals surface area contributed by atoms with E-state index in [0.717, 1.165) is 0 Å². The summed E-state index contributed by atoms with van der Waals surface area (Å²) in [5.41, 5.74) is 0. The van der Waals surface area contributed by atoms with Gasteiger partial charge >= 0.3 is 6.03 Å². The monoisotopic (exact) mass is 155 g/mol. The molecule has 1 aromatic heterocycles. The molecule has 0 aliphatic heterocycles. The number of amides is 2. The second kappa shape index (κ2) is 3.60. The molecule has 0 bridgehead atoms. The summed E-state index contributed by atoms with van der Waals surface area (Å²) in [5, 5.41) is 8.51. The maximum atomic E-state index is 10.8. The summed E-state index contributed by atoms with van der Waals surface area (Å²) >= 11 is 0. The Kier molecular flexibility index (Phi) is 2.48. The highest BCUT2D eigenvalue weighted by atomic mass is 16.5. The molecule has 5 heteroatoms. The average molecular weight is 155 g/mol. The van der Waals surface area contributed by atoms with Crippen molar-refractivity contribution >= 4 is 11.8 Å². The first kappa shape index (κ1) is 7.59. The molecule has 0 aliphatic rings. The molecule has 1 heterocycles. The lowest BCUT2D eigenvalue weighted by Crippen LogP contribution is -2.28. The van der Waals surface area contributed by atoms with Crippen LogP contribution in [0.15, 0.2) is 16.9 Å². The molecule has 0 saturated heterocycles. The van der Waals surface area contributed by atoms with Gasteiger partial charge in [-0.2, -0.15) is 0 Å². The summed E-state index contributed by atoms with van der Waals surface area (Å²) in [6.07, 6.45) is 1.39. The number of carbonyl (C=O) groups is 1. The Bertz CT molecular complexity index is 220. The molecule has 2 amide bonds. The van der Waals surface area contributed by atoms with Crippen molar-refractivity contribution in [3.05, 3.63) is 12.3 Å². The van der Waals surface area contributed by atoms with Crippen LogP contribution >= 0.6 is 0 Å². The van der Waals surface area contributed by atoms with Crippen molar-refractivity contribution in [3.63, 3.8) is 0 Å². The lowest BCUT2D eigenvalue weighted by molar-refractivity contribution is 0.252. The van der Waals surface area contributed by atoms with E-state index in [-0.39, 0.29) is 6.03 Å². The molecular weight excluding hydrogens is 146 g/mol. The van der Waals surface area contributed by atoms with Crippen molar-refractivity contribution in [1.29, 1.82) is 0 Å². The quantitative estimate of drug-likeness (QED) is 0.664. The van der Waals surface area contributed by atoms with Gasteiger partial charge < -0.3 is 9.84 Å². The van der Waals surface area contributed by atoms with Crippen LogP contribution in [0.5, 0.6) is 0 Å². The lowest BCUT2D eigenvalue weighted by Gasteiger charge is -1.99. The van der Waals surface area contributed by atoms with E-state index in [9.17, 15) is 4.79 Å². The van der Waals surface area contributed by atoms with E-state index in [2.05, 4.69) is 20.3 Å². The van der Waals surface area contributed by atoms with Gasteiger partial charge in [0.25, 0.3) is 0 Å². The van der Waals surface area contributed by atoms with Crippen molar-refractivity contribution in [2.24, 2.45) is 0 Å². The molecule has 2 N–H and O–H groups in total.